The predicted octanol–water partition coefficient (Wildman–Crippen LogP) is -2.84. The summed E-state index contributed by atoms with van der Waals surface area (Å²) in [6.07, 6.45) is -5.88. The summed E-state index contributed by atoms with van der Waals surface area (Å²) < 4.78 is 0. The SMILES string of the molecule is CON.C[C@H](O)[C@@H](O)[C@@H](O)[C@H](O)C=O. The van der Waals surface area contributed by atoms with Crippen molar-refractivity contribution in [2.75, 3.05) is 7.11 Å². The van der Waals surface area contributed by atoms with Crippen LogP contribution in [0.25, 0.3) is 0 Å². The van der Waals surface area contributed by atoms with Gasteiger partial charge in [0.1, 0.15) is 18.3 Å². The first-order valence-corrected chi connectivity index (χ1v) is 3.82. The molecule has 0 saturated carbocycles. The molecule has 0 saturated heterocycles. The number of aliphatic hydroxyl groups excluding tert-OH is 4. The average molecular weight is 211 g/mol. The number of hydrogen-bond acceptors (Lipinski definition) is 7. The number of aldehydes is 1. The fourth-order valence-electron chi connectivity index (χ4n) is 0.568. The van der Waals surface area contributed by atoms with Crippen LogP contribution in [0.3, 0.4) is 0 Å². The van der Waals surface area contributed by atoms with Crippen LogP contribution in [0.5, 0.6) is 0 Å². The molecule has 14 heavy (non-hydrogen) atoms. The molecule has 0 bridgehead atoms. The summed E-state index contributed by atoms with van der Waals surface area (Å²) in [6, 6.07) is 0. The number of nitrogens with two attached hydrogens (primary N) is 1. The summed E-state index contributed by atoms with van der Waals surface area (Å²) in [5, 5.41) is 35.1. The first kappa shape index (κ1) is 15.9. The van der Waals surface area contributed by atoms with Crippen molar-refractivity contribution in [1.29, 1.82) is 0 Å². The number of rotatable bonds is 4. The third-order valence-corrected chi connectivity index (χ3v) is 1.33. The zero-order valence-corrected chi connectivity index (χ0v) is 8.07. The zero-order valence-electron chi connectivity index (χ0n) is 8.07. The second-order valence-corrected chi connectivity index (χ2v) is 2.58. The molecule has 0 aromatic carbocycles. The summed E-state index contributed by atoms with van der Waals surface area (Å²) in [5.74, 6) is 4.35. The first-order chi connectivity index (χ1) is 6.42. The van der Waals surface area contributed by atoms with Gasteiger partial charge in [0.25, 0.3) is 0 Å². The number of hydrogen-bond donors (Lipinski definition) is 5. The Morgan fingerprint density at radius 3 is 1.79 bits per heavy atom. The molecule has 7 heteroatoms. The number of carbonyl (C=O) groups is 1. The van der Waals surface area contributed by atoms with Crippen LogP contribution in [-0.4, -0.2) is 58.2 Å². The summed E-state index contributed by atoms with van der Waals surface area (Å²) >= 11 is 0. The summed E-state index contributed by atoms with van der Waals surface area (Å²) in [7, 11) is 1.40. The van der Waals surface area contributed by atoms with E-state index in [9.17, 15) is 4.79 Å². The van der Waals surface area contributed by atoms with Crippen LogP contribution >= 0.6 is 0 Å². The van der Waals surface area contributed by atoms with E-state index in [0.717, 1.165) is 0 Å². The lowest BCUT2D eigenvalue weighted by Gasteiger charge is -2.21. The van der Waals surface area contributed by atoms with Crippen LogP contribution in [0.1, 0.15) is 6.92 Å². The Morgan fingerprint density at radius 2 is 1.57 bits per heavy atom. The second kappa shape index (κ2) is 9.00. The minimum atomic E-state index is -1.65. The van der Waals surface area contributed by atoms with Crippen LogP contribution in [-0.2, 0) is 9.63 Å². The van der Waals surface area contributed by atoms with E-state index in [-0.39, 0.29) is 6.29 Å². The van der Waals surface area contributed by atoms with E-state index >= 15 is 0 Å². The van der Waals surface area contributed by atoms with Gasteiger partial charge < -0.3 is 30.1 Å². The van der Waals surface area contributed by atoms with E-state index in [0.29, 0.717) is 0 Å². The Bertz CT molecular complexity index is 142. The van der Waals surface area contributed by atoms with E-state index < -0.39 is 24.4 Å². The smallest absolute Gasteiger partial charge is 0.151 e. The Labute approximate surface area is 81.7 Å². The lowest BCUT2D eigenvalue weighted by molar-refractivity contribution is -0.132. The Morgan fingerprint density at radius 1 is 1.21 bits per heavy atom. The molecule has 0 radical (unpaired) electrons. The Balaban J connectivity index is 0. The third-order valence-electron chi connectivity index (χ3n) is 1.33. The molecule has 0 aromatic heterocycles. The van der Waals surface area contributed by atoms with Crippen molar-refractivity contribution in [3.05, 3.63) is 0 Å². The van der Waals surface area contributed by atoms with Gasteiger partial charge >= 0.3 is 0 Å². The highest BCUT2D eigenvalue weighted by Gasteiger charge is 2.27. The number of carbonyl (C=O) groups excluding carboxylic acids is 1. The molecule has 0 aliphatic heterocycles. The molecule has 0 unspecified atom stereocenters. The van der Waals surface area contributed by atoms with Gasteiger partial charge in [0.2, 0.25) is 0 Å². The molecule has 7 nitrogen and oxygen atoms in total. The molecule has 0 aromatic rings. The Hall–Kier alpha value is -0.570. The highest BCUT2D eigenvalue weighted by Crippen LogP contribution is 2.02. The van der Waals surface area contributed by atoms with Gasteiger partial charge in [-0.05, 0) is 6.92 Å². The molecule has 6 N–H and O–H groups in total. The molecule has 86 valence electrons. The van der Waals surface area contributed by atoms with Crippen molar-refractivity contribution in [2.24, 2.45) is 5.90 Å². The van der Waals surface area contributed by atoms with Crippen molar-refractivity contribution in [2.45, 2.75) is 31.3 Å². The van der Waals surface area contributed by atoms with Crippen LogP contribution in [0, 0.1) is 0 Å². The molecule has 0 aliphatic carbocycles. The van der Waals surface area contributed by atoms with Crippen LogP contribution in [0.15, 0.2) is 0 Å². The fraction of sp³-hybridized carbons (Fsp3) is 0.857. The van der Waals surface area contributed by atoms with Gasteiger partial charge in [-0.25, -0.2) is 5.90 Å². The lowest BCUT2D eigenvalue weighted by Crippen LogP contribution is -2.43. The predicted molar refractivity (Wildman–Crippen MR) is 47.0 cm³/mol. The monoisotopic (exact) mass is 211 g/mol. The fourth-order valence-corrected chi connectivity index (χ4v) is 0.568. The minimum absolute atomic E-state index is 0.0935. The van der Waals surface area contributed by atoms with Crippen LogP contribution in [0.2, 0.25) is 0 Å². The van der Waals surface area contributed by atoms with Crippen molar-refractivity contribution in [1.82, 2.24) is 0 Å². The molecule has 0 heterocycles. The largest absolute Gasteiger partial charge is 0.391 e. The minimum Gasteiger partial charge on any atom is -0.391 e. The third kappa shape index (κ3) is 6.89. The molecule has 4 atom stereocenters. The highest BCUT2D eigenvalue weighted by atomic mass is 16.6. The molecule has 0 aliphatic rings. The summed E-state index contributed by atoms with van der Waals surface area (Å²) in [4.78, 5) is 13.6. The van der Waals surface area contributed by atoms with Gasteiger partial charge in [-0.3, -0.25) is 0 Å². The van der Waals surface area contributed by atoms with Crippen LogP contribution in [0.4, 0.5) is 0 Å². The van der Waals surface area contributed by atoms with Gasteiger partial charge in [-0.15, -0.1) is 0 Å². The average Bonchev–Trinajstić information content (AvgIpc) is 2.15. The quantitative estimate of drug-likeness (QED) is 0.250. The van der Waals surface area contributed by atoms with Gasteiger partial charge in [0.05, 0.1) is 13.2 Å². The van der Waals surface area contributed by atoms with Crippen LogP contribution < -0.4 is 5.90 Å². The highest BCUT2D eigenvalue weighted by molar-refractivity contribution is 5.56. The van der Waals surface area contributed by atoms with E-state index in [2.05, 4.69) is 10.7 Å². The van der Waals surface area contributed by atoms with Crippen molar-refractivity contribution in [3.63, 3.8) is 0 Å². The second-order valence-electron chi connectivity index (χ2n) is 2.58. The topological polar surface area (TPSA) is 133 Å². The standard InChI is InChI=1S/C6H12O5.CH5NO/c1-3(8)5(10)6(11)4(9)2-7;1-3-2/h2-6,8-11H,1H3;2H2,1H3/t3-,4+,5+,6-;/m0./s1. The van der Waals surface area contributed by atoms with Crippen molar-refractivity contribution < 1.29 is 30.1 Å². The molecule has 0 rings (SSSR count). The number of aliphatic hydroxyl groups is 4. The molecule has 0 spiro atoms. The van der Waals surface area contributed by atoms with Gasteiger partial charge in [0.15, 0.2) is 6.29 Å². The normalized spacial score (nSPS) is 18.5. The van der Waals surface area contributed by atoms with E-state index in [1.165, 1.54) is 14.0 Å². The van der Waals surface area contributed by atoms with E-state index in [1.54, 1.807) is 0 Å². The molecular weight excluding hydrogens is 194 g/mol. The maximum absolute atomic E-state index is 9.87. The first-order valence-electron chi connectivity index (χ1n) is 3.82. The maximum Gasteiger partial charge on any atom is 0.151 e. The zero-order chi connectivity index (χ0) is 11.7. The molecule has 0 amide bonds. The Kier molecular flexibility index (Phi) is 10.2. The van der Waals surface area contributed by atoms with Crippen molar-refractivity contribution >= 4 is 6.29 Å². The molecule has 0 fully saturated rings. The van der Waals surface area contributed by atoms with E-state index in [1.807, 2.05) is 0 Å². The molecular formula is C7H17NO6. The van der Waals surface area contributed by atoms with E-state index in [4.69, 9.17) is 20.4 Å². The van der Waals surface area contributed by atoms with Gasteiger partial charge in [-0.1, -0.05) is 0 Å². The lowest BCUT2D eigenvalue weighted by atomic mass is 10.1. The van der Waals surface area contributed by atoms with Crippen molar-refractivity contribution in [3.8, 4) is 0 Å². The van der Waals surface area contributed by atoms with Gasteiger partial charge in [0, 0.05) is 0 Å². The summed E-state index contributed by atoms with van der Waals surface area (Å²) in [5.41, 5.74) is 0. The summed E-state index contributed by atoms with van der Waals surface area (Å²) in [6.45, 7) is 1.24. The van der Waals surface area contributed by atoms with Gasteiger partial charge in [-0.2, -0.15) is 0 Å². The maximum atomic E-state index is 9.87.